The molecule has 0 bridgehead atoms. The highest BCUT2D eigenvalue weighted by Gasteiger charge is 2.38. The number of allylic oxidation sites excluding steroid dienone is 4. The molecule has 304 valence electrons. The third-order valence-electron chi connectivity index (χ3n) is 10.6. The minimum absolute atomic E-state index is 0.0259. The number of amidine groups is 2. The first-order valence-corrected chi connectivity index (χ1v) is 18.8. The van der Waals surface area contributed by atoms with Gasteiger partial charge in [0, 0.05) is 32.8 Å². The van der Waals surface area contributed by atoms with Crippen LogP contribution >= 0.6 is 0 Å². The number of aliphatic imine (C=N–C) groups is 2. The van der Waals surface area contributed by atoms with Crippen LogP contribution in [0.2, 0.25) is 0 Å². The van der Waals surface area contributed by atoms with Gasteiger partial charge in [-0.15, -0.1) is 0 Å². The summed E-state index contributed by atoms with van der Waals surface area (Å²) in [4.78, 5) is 9.83. The topological polar surface area (TPSA) is 41.7 Å². The Hall–Kier alpha value is -7.15. The van der Waals surface area contributed by atoms with Crippen LogP contribution in [0, 0.1) is 0 Å². The second-order valence-corrected chi connectivity index (χ2v) is 14.4. The van der Waals surface area contributed by atoms with Gasteiger partial charge in [-0.05, 0) is 70.8 Å². The Bertz CT molecular complexity index is 3130. The van der Waals surface area contributed by atoms with Crippen molar-refractivity contribution in [1.29, 1.82) is 0 Å². The maximum atomic E-state index is 14.3. The van der Waals surface area contributed by atoms with Gasteiger partial charge in [0.1, 0.15) is 11.7 Å². The lowest BCUT2D eigenvalue weighted by molar-refractivity contribution is -0.142. The minimum Gasteiger partial charge on any atom is -0.324 e. The van der Waals surface area contributed by atoms with Crippen molar-refractivity contribution in [3.8, 4) is 16.8 Å². The van der Waals surface area contributed by atoms with E-state index in [1.807, 2.05) is 77.4 Å². The van der Waals surface area contributed by atoms with Gasteiger partial charge in [0.15, 0.2) is 5.84 Å². The van der Waals surface area contributed by atoms with Gasteiger partial charge >= 0.3 is 18.5 Å². The van der Waals surface area contributed by atoms with Gasteiger partial charge in [0.05, 0.1) is 27.7 Å². The van der Waals surface area contributed by atoms with E-state index in [1.165, 1.54) is 18.2 Å². The number of nitrogens with zero attached hydrogens (tertiary/aromatic N) is 3. The van der Waals surface area contributed by atoms with Crippen LogP contribution in [0.1, 0.15) is 28.7 Å². The number of hydrogen-bond donors (Lipinski definition) is 1. The van der Waals surface area contributed by atoms with Crippen LogP contribution in [0.25, 0.3) is 50.0 Å². The molecule has 1 aliphatic heterocycles. The highest BCUT2D eigenvalue weighted by Crippen LogP contribution is 2.43. The summed E-state index contributed by atoms with van der Waals surface area (Å²) in [5.74, 6) is 1.23. The number of fused-ring (bicyclic) bond motifs is 3. The lowest BCUT2D eigenvalue weighted by Crippen LogP contribution is -2.38. The van der Waals surface area contributed by atoms with Gasteiger partial charge < -0.3 is 9.88 Å². The van der Waals surface area contributed by atoms with Crippen LogP contribution in [-0.4, -0.2) is 22.4 Å². The molecule has 2 aliphatic rings. The van der Waals surface area contributed by atoms with E-state index in [-0.39, 0.29) is 18.1 Å². The van der Waals surface area contributed by atoms with Crippen molar-refractivity contribution in [1.82, 2.24) is 9.88 Å². The number of benzene rings is 6. The normalized spacial score (nSPS) is 16.6. The van der Waals surface area contributed by atoms with Crippen molar-refractivity contribution in [2.75, 3.05) is 0 Å². The van der Waals surface area contributed by atoms with Crippen LogP contribution in [0.3, 0.4) is 0 Å². The molecule has 1 N–H and O–H groups in total. The van der Waals surface area contributed by atoms with Crippen LogP contribution in [-0.2, 0) is 12.4 Å². The third-order valence-corrected chi connectivity index (χ3v) is 10.6. The molecule has 0 saturated heterocycles. The minimum atomic E-state index is -5.08. The van der Waals surface area contributed by atoms with Gasteiger partial charge in [0.2, 0.25) is 0 Å². The molecule has 0 spiro atoms. The van der Waals surface area contributed by atoms with Gasteiger partial charge in [-0.3, -0.25) is 0 Å². The molecule has 0 unspecified atom stereocenters. The van der Waals surface area contributed by atoms with Crippen molar-refractivity contribution < 1.29 is 39.5 Å². The molecule has 0 saturated carbocycles. The smallest absolute Gasteiger partial charge is 0.324 e. The Labute approximate surface area is 341 Å². The fourth-order valence-corrected chi connectivity index (χ4v) is 7.71. The second-order valence-electron chi connectivity index (χ2n) is 14.4. The fourth-order valence-electron chi connectivity index (χ4n) is 7.71. The van der Waals surface area contributed by atoms with E-state index in [2.05, 4.69) is 5.32 Å². The highest BCUT2D eigenvalue weighted by atomic mass is 19.4. The average molecular weight is 833 g/mol. The summed E-state index contributed by atoms with van der Waals surface area (Å²) in [6, 6.07) is 37.5. The number of nitrogens with one attached hydrogen (secondary N) is 1. The summed E-state index contributed by atoms with van der Waals surface area (Å²) in [7, 11) is 0. The first-order valence-electron chi connectivity index (χ1n) is 18.8. The van der Waals surface area contributed by atoms with Gasteiger partial charge in [-0.2, -0.15) is 39.5 Å². The van der Waals surface area contributed by atoms with Gasteiger partial charge in [0.25, 0.3) is 0 Å². The summed E-state index contributed by atoms with van der Waals surface area (Å²) in [6.07, 6.45) is -11.0. The van der Waals surface area contributed by atoms with E-state index < -0.39 is 40.8 Å². The quantitative estimate of drug-likeness (QED) is 0.176. The van der Waals surface area contributed by atoms with Crippen LogP contribution in [0.4, 0.5) is 39.5 Å². The first-order chi connectivity index (χ1) is 29.1. The summed E-state index contributed by atoms with van der Waals surface area (Å²) < 4.78 is 127. The molecule has 9 rings (SSSR count). The molecule has 0 fully saturated rings. The first kappa shape index (κ1) is 39.3. The number of aromatic nitrogens is 1. The number of alkyl halides is 9. The van der Waals surface area contributed by atoms with Crippen molar-refractivity contribution in [3.63, 3.8) is 0 Å². The number of hydrogen-bond acceptors (Lipinski definition) is 3. The van der Waals surface area contributed by atoms with E-state index in [0.717, 1.165) is 29.3 Å². The van der Waals surface area contributed by atoms with E-state index in [9.17, 15) is 39.5 Å². The molecule has 1 aromatic heterocycles. The predicted molar refractivity (Wildman–Crippen MR) is 219 cm³/mol. The number of rotatable bonds is 4. The van der Waals surface area contributed by atoms with E-state index in [0.29, 0.717) is 67.1 Å². The maximum absolute atomic E-state index is 14.3. The van der Waals surface area contributed by atoms with Crippen LogP contribution in [0.15, 0.2) is 173 Å². The molecule has 0 amide bonds. The summed E-state index contributed by atoms with van der Waals surface area (Å²) in [6.45, 7) is 0. The molecule has 2 heterocycles. The number of para-hydroxylation sites is 1. The molecular weight excluding hydrogens is 804 g/mol. The summed E-state index contributed by atoms with van der Waals surface area (Å²) in [5.41, 5.74) is -0.0308. The van der Waals surface area contributed by atoms with Crippen molar-refractivity contribution in [3.05, 3.63) is 196 Å². The monoisotopic (exact) mass is 832 g/mol. The molecule has 0 radical (unpaired) electrons. The molecule has 61 heavy (non-hydrogen) atoms. The van der Waals surface area contributed by atoms with E-state index in [4.69, 9.17) is 9.98 Å². The van der Waals surface area contributed by atoms with E-state index in [1.54, 1.807) is 36.4 Å². The zero-order valence-corrected chi connectivity index (χ0v) is 31.5. The van der Waals surface area contributed by atoms with Gasteiger partial charge in [-0.1, -0.05) is 115 Å². The summed E-state index contributed by atoms with van der Waals surface area (Å²) in [5, 5.41) is 5.69. The van der Waals surface area contributed by atoms with Crippen molar-refractivity contribution >= 4 is 44.9 Å². The molecule has 6 aromatic carbocycles. The zero-order chi connectivity index (χ0) is 42.7. The molecule has 4 nitrogen and oxygen atoms in total. The highest BCUT2D eigenvalue weighted by molar-refractivity contribution is 6.16. The maximum Gasteiger partial charge on any atom is 0.417 e. The standard InChI is InChI=1S/C48H29F9N4/c49-46(50,51)32-18-15-28(16-19-32)35-23-21-34(27-39(35)45-59-43(29-9-3-1-4-10-29)58-44(60-45)30-11-5-2-6-12-30)61-41-14-8-7-13-37(41)38-25-31(17-24-42(38)61)36-22-20-33(47(52,53)54)26-40(36)48(55,56)57/h1-15,17-27H,16H2,(H,58,59,60). The third kappa shape index (κ3) is 7.51. The largest absolute Gasteiger partial charge is 0.417 e. The SMILES string of the molecule is FC(F)(F)C1=CCC(=c2ccc(-n3c4ccccc4c4cc(-c5ccc(C(F)(F)F)cc5C(F)(F)F)ccc43)cc2=C2N=C(c3ccccc3)N=C(c3ccccc3)N2)C=C1. The lowest BCUT2D eigenvalue weighted by atomic mass is 9.95. The zero-order valence-electron chi connectivity index (χ0n) is 31.5. The van der Waals surface area contributed by atoms with Crippen LogP contribution in [0.5, 0.6) is 0 Å². The molecule has 0 atom stereocenters. The van der Waals surface area contributed by atoms with Crippen molar-refractivity contribution in [2.24, 2.45) is 9.98 Å². The Kier molecular flexibility index (Phi) is 9.57. The average Bonchev–Trinajstić information content (AvgIpc) is 3.59. The predicted octanol–water partition coefficient (Wildman–Crippen LogP) is 11.7. The second kappa shape index (κ2) is 14.8. The Morgan fingerprint density at radius 3 is 1.89 bits per heavy atom. The Balaban J connectivity index is 1.29. The Morgan fingerprint density at radius 1 is 0.525 bits per heavy atom. The summed E-state index contributed by atoms with van der Waals surface area (Å²) >= 11 is 0. The Morgan fingerprint density at radius 2 is 1.21 bits per heavy atom. The van der Waals surface area contributed by atoms with Gasteiger partial charge in [-0.25, -0.2) is 9.98 Å². The van der Waals surface area contributed by atoms with E-state index >= 15 is 0 Å². The number of halogens is 9. The van der Waals surface area contributed by atoms with Crippen LogP contribution < -0.4 is 15.8 Å². The van der Waals surface area contributed by atoms with Crippen molar-refractivity contribution in [2.45, 2.75) is 24.9 Å². The molecule has 13 heteroatoms. The lowest BCUT2D eigenvalue weighted by Gasteiger charge is -2.19. The molecule has 7 aromatic rings. The molecule has 1 aliphatic carbocycles. The fraction of sp³-hybridized carbons (Fsp3) is 0.0833. The molecular formula is C48H29F9N4.